The first kappa shape index (κ1) is 7.41. The van der Waals surface area contributed by atoms with E-state index in [-0.39, 0.29) is 0 Å². The number of fused-ring (bicyclic) bond motifs is 1. The Balaban J connectivity index is 2.74. The maximum atomic E-state index is 3.23. The molecule has 1 atom stereocenters. The van der Waals surface area contributed by atoms with E-state index in [1.165, 1.54) is 16.1 Å². The number of hydrogen-bond acceptors (Lipinski definition) is 0. The van der Waals surface area contributed by atoms with Gasteiger partial charge >= 0.3 is 0 Å². The van der Waals surface area contributed by atoms with Crippen LogP contribution >= 0.6 is 0 Å². The van der Waals surface area contributed by atoms with Gasteiger partial charge in [-0.1, -0.05) is 30.7 Å². The van der Waals surface area contributed by atoms with E-state index in [0.29, 0.717) is 5.92 Å². The number of allylic oxidation sites excluding steroid dienone is 2. The third-order valence-corrected chi connectivity index (χ3v) is 2.15. The quantitative estimate of drug-likeness (QED) is 0.585. The van der Waals surface area contributed by atoms with Crippen LogP contribution < -0.4 is 10.6 Å². The smallest absolute Gasteiger partial charge is 0.0419 e. The van der Waals surface area contributed by atoms with Crippen LogP contribution in [0, 0.1) is 5.92 Å². The Kier molecular flexibility index (Phi) is 1.65. The zero-order valence-corrected chi connectivity index (χ0v) is 7.46. The Hall–Kier alpha value is -1.24. The molecule has 1 aromatic rings. The summed E-state index contributed by atoms with van der Waals surface area (Å²) in [6, 6.07) is 2.11. The molecule has 0 radical (unpaired) electrons. The SMILES string of the molecule is CC1=CC(C)C=c2[nH]ccc2=C1. The van der Waals surface area contributed by atoms with Crippen LogP contribution in [0.15, 0.2) is 23.9 Å². The van der Waals surface area contributed by atoms with Crippen molar-refractivity contribution in [3.05, 3.63) is 34.5 Å². The van der Waals surface area contributed by atoms with Crippen LogP contribution in [-0.4, -0.2) is 4.98 Å². The highest BCUT2D eigenvalue weighted by Crippen LogP contribution is 2.06. The van der Waals surface area contributed by atoms with Gasteiger partial charge in [0.2, 0.25) is 0 Å². The molecule has 1 heterocycles. The molecule has 0 bridgehead atoms. The van der Waals surface area contributed by atoms with Gasteiger partial charge in [0.25, 0.3) is 0 Å². The zero-order valence-electron chi connectivity index (χ0n) is 7.46. The summed E-state index contributed by atoms with van der Waals surface area (Å²) in [5.41, 5.74) is 1.34. The highest BCUT2D eigenvalue weighted by Gasteiger charge is 1.98. The van der Waals surface area contributed by atoms with E-state index in [4.69, 9.17) is 0 Å². The number of hydrogen-bond donors (Lipinski definition) is 1. The van der Waals surface area contributed by atoms with Gasteiger partial charge in [0.1, 0.15) is 0 Å². The molecule has 0 fully saturated rings. The second-order valence-electron chi connectivity index (χ2n) is 3.43. The van der Waals surface area contributed by atoms with Crippen molar-refractivity contribution in [1.82, 2.24) is 4.98 Å². The summed E-state index contributed by atoms with van der Waals surface area (Å²) < 4.78 is 0. The van der Waals surface area contributed by atoms with Gasteiger partial charge in [0, 0.05) is 11.5 Å². The van der Waals surface area contributed by atoms with Gasteiger partial charge in [0.15, 0.2) is 0 Å². The van der Waals surface area contributed by atoms with Crippen LogP contribution in [-0.2, 0) is 0 Å². The molecule has 0 spiro atoms. The van der Waals surface area contributed by atoms with Crippen LogP contribution in [0.1, 0.15) is 13.8 Å². The van der Waals surface area contributed by atoms with Crippen LogP contribution in [0.4, 0.5) is 0 Å². The minimum Gasteiger partial charge on any atom is -0.361 e. The van der Waals surface area contributed by atoms with E-state index in [1.54, 1.807) is 0 Å². The molecule has 2 rings (SSSR count). The van der Waals surface area contributed by atoms with Crippen molar-refractivity contribution in [2.75, 3.05) is 0 Å². The lowest BCUT2D eigenvalue weighted by Gasteiger charge is -1.95. The molecule has 1 unspecified atom stereocenters. The minimum absolute atomic E-state index is 0.529. The Morgan fingerprint density at radius 1 is 1.33 bits per heavy atom. The molecule has 1 aliphatic rings. The first-order valence-electron chi connectivity index (χ1n) is 4.31. The summed E-state index contributed by atoms with van der Waals surface area (Å²) in [5.74, 6) is 0.529. The average Bonchev–Trinajstić information content (AvgIpc) is 2.31. The lowest BCUT2D eigenvalue weighted by atomic mass is 10.1. The summed E-state index contributed by atoms with van der Waals surface area (Å²) in [6.07, 6.45) is 8.73. The molecule has 0 aromatic carbocycles. The Morgan fingerprint density at radius 3 is 3.00 bits per heavy atom. The molecule has 0 saturated carbocycles. The molecule has 0 aliphatic heterocycles. The number of nitrogens with one attached hydrogen (secondary N) is 1. The number of H-pyrrole nitrogens is 1. The van der Waals surface area contributed by atoms with Gasteiger partial charge in [-0.2, -0.15) is 0 Å². The third kappa shape index (κ3) is 1.22. The van der Waals surface area contributed by atoms with E-state index in [0.717, 1.165) is 0 Å². The summed E-state index contributed by atoms with van der Waals surface area (Å²) in [4.78, 5) is 3.23. The fourth-order valence-electron chi connectivity index (χ4n) is 1.68. The first-order valence-corrected chi connectivity index (χ1v) is 4.31. The molecular weight excluding hydrogens is 146 g/mol. The normalized spacial score (nSPS) is 21.5. The fraction of sp³-hybridized carbons (Fsp3) is 0.273. The van der Waals surface area contributed by atoms with Crippen molar-refractivity contribution in [2.45, 2.75) is 13.8 Å². The van der Waals surface area contributed by atoms with Crippen molar-refractivity contribution in [1.29, 1.82) is 0 Å². The zero-order chi connectivity index (χ0) is 8.55. The van der Waals surface area contributed by atoms with Crippen LogP contribution in [0.3, 0.4) is 0 Å². The largest absolute Gasteiger partial charge is 0.361 e. The lowest BCUT2D eigenvalue weighted by molar-refractivity contribution is 0.983. The van der Waals surface area contributed by atoms with Crippen molar-refractivity contribution in [3.63, 3.8) is 0 Å². The molecule has 12 heavy (non-hydrogen) atoms. The van der Waals surface area contributed by atoms with Gasteiger partial charge in [0.05, 0.1) is 0 Å². The molecule has 1 heteroatoms. The second-order valence-corrected chi connectivity index (χ2v) is 3.43. The predicted octanol–water partition coefficient (Wildman–Crippen LogP) is 1.17. The lowest BCUT2D eigenvalue weighted by Crippen LogP contribution is -2.21. The van der Waals surface area contributed by atoms with Crippen LogP contribution in [0.25, 0.3) is 12.2 Å². The molecule has 1 N–H and O–H groups in total. The molecule has 1 aliphatic carbocycles. The summed E-state index contributed by atoms with van der Waals surface area (Å²) in [5, 5.41) is 2.55. The van der Waals surface area contributed by atoms with Gasteiger partial charge in [-0.3, -0.25) is 0 Å². The second kappa shape index (κ2) is 2.67. The first-order chi connectivity index (χ1) is 5.75. The van der Waals surface area contributed by atoms with Gasteiger partial charge in [-0.25, -0.2) is 0 Å². The monoisotopic (exact) mass is 159 g/mol. The third-order valence-electron chi connectivity index (χ3n) is 2.15. The minimum atomic E-state index is 0.529. The average molecular weight is 159 g/mol. The Bertz CT molecular complexity index is 420. The topological polar surface area (TPSA) is 15.8 Å². The fourth-order valence-corrected chi connectivity index (χ4v) is 1.68. The summed E-state index contributed by atoms with van der Waals surface area (Å²) in [6.45, 7) is 4.35. The van der Waals surface area contributed by atoms with Gasteiger partial charge < -0.3 is 4.98 Å². The Morgan fingerprint density at radius 2 is 2.17 bits per heavy atom. The molecule has 0 saturated heterocycles. The highest BCUT2D eigenvalue weighted by atomic mass is 14.6. The van der Waals surface area contributed by atoms with E-state index in [9.17, 15) is 0 Å². The number of aromatic amines is 1. The van der Waals surface area contributed by atoms with Crippen molar-refractivity contribution in [2.24, 2.45) is 5.92 Å². The molecule has 1 aromatic heterocycles. The predicted molar refractivity (Wildman–Crippen MR) is 51.9 cm³/mol. The Labute approximate surface area is 72.1 Å². The molecule has 0 amide bonds. The van der Waals surface area contributed by atoms with Crippen LogP contribution in [0.2, 0.25) is 0 Å². The van der Waals surface area contributed by atoms with Crippen LogP contribution in [0.5, 0.6) is 0 Å². The van der Waals surface area contributed by atoms with Gasteiger partial charge in [-0.05, 0) is 24.1 Å². The summed E-state index contributed by atoms with van der Waals surface area (Å²) >= 11 is 0. The highest BCUT2D eigenvalue weighted by molar-refractivity contribution is 5.50. The van der Waals surface area contributed by atoms with Crippen molar-refractivity contribution < 1.29 is 0 Å². The molecule has 62 valence electrons. The van der Waals surface area contributed by atoms with E-state index < -0.39 is 0 Å². The van der Waals surface area contributed by atoms with Crippen molar-refractivity contribution >= 4 is 12.2 Å². The van der Waals surface area contributed by atoms with Gasteiger partial charge in [-0.15, -0.1) is 0 Å². The summed E-state index contributed by atoms with van der Waals surface area (Å²) in [7, 11) is 0. The van der Waals surface area contributed by atoms with E-state index in [1.807, 2.05) is 6.20 Å². The maximum Gasteiger partial charge on any atom is 0.0419 e. The molecular formula is C11H13N. The van der Waals surface area contributed by atoms with E-state index >= 15 is 0 Å². The maximum absolute atomic E-state index is 3.23. The van der Waals surface area contributed by atoms with E-state index in [2.05, 4.69) is 43.1 Å². The number of aromatic nitrogens is 1. The van der Waals surface area contributed by atoms with Crippen molar-refractivity contribution in [3.8, 4) is 0 Å². The molecule has 1 nitrogen and oxygen atoms in total. The number of rotatable bonds is 0. The standard InChI is InChI=1S/C11H13N/c1-8-5-9(2)7-11-10(6-8)3-4-12-11/h3-7,9,12H,1-2H3.